The van der Waals surface area contributed by atoms with Gasteiger partial charge in [0.25, 0.3) is 5.91 Å². The largest absolute Gasteiger partial charge is 0.495 e. The van der Waals surface area contributed by atoms with Gasteiger partial charge in [0.05, 0.1) is 31.2 Å². The van der Waals surface area contributed by atoms with Crippen molar-refractivity contribution in [2.45, 2.75) is 25.8 Å². The first-order valence-electron chi connectivity index (χ1n) is 10.4. The van der Waals surface area contributed by atoms with Crippen molar-refractivity contribution in [1.82, 2.24) is 19.8 Å². The molecule has 0 aliphatic carbocycles. The highest BCUT2D eigenvalue weighted by Gasteiger charge is 2.27. The number of carbonyl (C=O) groups is 2. The number of imidazole rings is 1. The number of hydrogen-bond donors (Lipinski definition) is 1. The third kappa shape index (κ3) is 4.80. The zero-order valence-corrected chi connectivity index (χ0v) is 18.0. The topological polar surface area (TPSA) is 76.5 Å². The summed E-state index contributed by atoms with van der Waals surface area (Å²) < 4.78 is 20.4. The number of nitrogens with zero attached hydrogens (tertiary/aromatic N) is 3. The quantitative estimate of drug-likeness (QED) is 0.645. The number of hydrogen-bond acceptors (Lipinski definition) is 4. The highest BCUT2D eigenvalue weighted by Crippen LogP contribution is 2.25. The van der Waals surface area contributed by atoms with Crippen molar-refractivity contribution < 1.29 is 18.7 Å². The maximum atomic E-state index is 13.0. The van der Waals surface area contributed by atoms with Gasteiger partial charge in [-0.05, 0) is 49.2 Å². The third-order valence-electron chi connectivity index (χ3n) is 5.58. The average molecular weight is 436 g/mol. The molecule has 1 aliphatic rings. The predicted molar refractivity (Wildman–Crippen MR) is 117 cm³/mol. The second-order valence-electron chi connectivity index (χ2n) is 7.91. The van der Waals surface area contributed by atoms with Crippen molar-refractivity contribution in [2.24, 2.45) is 0 Å². The Morgan fingerprint density at radius 3 is 2.69 bits per heavy atom. The van der Waals surface area contributed by atoms with Crippen molar-refractivity contribution in [1.29, 1.82) is 0 Å². The van der Waals surface area contributed by atoms with E-state index < -0.39 is 0 Å². The Morgan fingerprint density at radius 1 is 1.22 bits per heavy atom. The van der Waals surface area contributed by atoms with Crippen molar-refractivity contribution >= 4 is 11.8 Å². The summed E-state index contributed by atoms with van der Waals surface area (Å²) in [4.78, 5) is 31.3. The maximum absolute atomic E-state index is 13.0. The SMILES string of the molecule is COc1cc(C(=O)NC2CCN(C(=O)Cc3ccc(F)cc3)C2)ccc1-n1cnc(C)c1. The molecule has 8 heteroatoms. The molecular weight excluding hydrogens is 411 g/mol. The van der Waals surface area contributed by atoms with Crippen molar-refractivity contribution in [3.8, 4) is 11.4 Å². The van der Waals surface area contributed by atoms with Crippen LogP contribution in [0.5, 0.6) is 5.75 Å². The fraction of sp³-hybridized carbons (Fsp3) is 0.292. The standard InChI is InChI=1S/C24H25FN4O3/c1-16-13-29(15-26-16)21-8-5-18(12-22(21)32-2)24(31)27-20-9-10-28(14-20)23(30)11-17-3-6-19(25)7-4-17/h3-8,12-13,15,20H,9-11,14H2,1-2H3,(H,27,31). The van der Waals surface area contributed by atoms with Crippen LogP contribution >= 0.6 is 0 Å². The molecule has 3 aromatic rings. The Kier molecular flexibility index (Phi) is 6.20. The first-order chi connectivity index (χ1) is 15.4. The summed E-state index contributed by atoms with van der Waals surface area (Å²) in [7, 11) is 1.56. The lowest BCUT2D eigenvalue weighted by Gasteiger charge is -2.18. The second-order valence-corrected chi connectivity index (χ2v) is 7.91. The van der Waals surface area contributed by atoms with Gasteiger partial charge in [-0.1, -0.05) is 12.1 Å². The molecule has 1 aromatic heterocycles. The number of aromatic nitrogens is 2. The molecule has 1 aliphatic heterocycles. The Hall–Kier alpha value is -3.68. The van der Waals surface area contributed by atoms with E-state index in [-0.39, 0.29) is 30.1 Å². The molecule has 32 heavy (non-hydrogen) atoms. The van der Waals surface area contributed by atoms with E-state index >= 15 is 0 Å². The second kappa shape index (κ2) is 9.21. The van der Waals surface area contributed by atoms with Gasteiger partial charge in [-0.15, -0.1) is 0 Å². The van der Waals surface area contributed by atoms with Gasteiger partial charge in [0.15, 0.2) is 0 Å². The minimum Gasteiger partial charge on any atom is -0.495 e. The number of methoxy groups -OCH3 is 1. The highest BCUT2D eigenvalue weighted by molar-refractivity contribution is 5.95. The summed E-state index contributed by atoms with van der Waals surface area (Å²) >= 11 is 0. The lowest BCUT2D eigenvalue weighted by Crippen LogP contribution is -2.38. The van der Waals surface area contributed by atoms with Crippen molar-refractivity contribution in [3.05, 3.63) is 77.6 Å². The number of halogens is 1. The lowest BCUT2D eigenvalue weighted by atomic mass is 10.1. The monoisotopic (exact) mass is 436 g/mol. The molecule has 0 bridgehead atoms. The van der Waals surface area contributed by atoms with E-state index in [4.69, 9.17) is 4.74 Å². The van der Waals surface area contributed by atoms with Crippen molar-refractivity contribution in [2.75, 3.05) is 20.2 Å². The number of nitrogens with one attached hydrogen (secondary N) is 1. The number of rotatable bonds is 6. The fourth-order valence-corrected chi connectivity index (χ4v) is 3.85. The zero-order chi connectivity index (χ0) is 22.7. The van der Waals surface area contributed by atoms with Crippen LogP contribution in [0.3, 0.4) is 0 Å². The average Bonchev–Trinajstić information content (AvgIpc) is 3.44. The highest BCUT2D eigenvalue weighted by atomic mass is 19.1. The first-order valence-corrected chi connectivity index (χ1v) is 10.4. The van der Waals surface area contributed by atoms with Crippen LogP contribution in [0.2, 0.25) is 0 Å². The molecule has 2 aromatic carbocycles. The number of aryl methyl sites for hydroxylation is 1. The molecule has 1 fully saturated rings. The number of carbonyl (C=O) groups excluding carboxylic acids is 2. The first kappa shape index (κ1) is 21.5. The van der Waals surface area contributed by atoms with Crippen LogP contribution in [0.15, 0.2) is 55.0 Å². The summed E-state index contributed by atoms with van der Waals surface area (Å²) in [6.07, 6.45) is 4.48. The molecule has 1 unspecified atom stereocenters. The van der Waals surface area contributed by atoms with Crippen LogP contribution in [0.25, 0.3) is 5.69 Å². The van der Waals surface area contributed by atoms with E-state index in [1.807, 2.05) is 23.8 Å². The normalized spacial score (nSPS) is 15.6. The Labute approximate surface area is 185 Å². The van der Waals surface area contributed by atoms with Gasteiger partial charge in [-0.2, -0.15) is 0 Å². The van der Waals surface area contributed by atoms with Crippen LogP contribution in [-0.2, 0) is 11.2 Å². The molecule has 0 radical (unpaired) electrons. The van der Waals surface area contributed by atoms with Crippen LogP contribution in [-0.4, -0.2) is 52.5 Å². The molecule has 1 saturated heterocycles. The van der Waals surface area contributed by atoms with Gasteiger partial charge in [-0.3, -0.25) is 9.59 Å². The summed E-state index contributed by atoms with van der Waals surface area (Å²) in [6.45, 7) is 2.93. The van der Waals surface area contributed by atoms with Crippen LogP contribution < -0.4 is 10.1 Å². The molecule has 0 spiro atoms. The van der Waals surface area contributed by atoms with E-state index in [2.05, 4.69) is 10.3 Å². The lowest BCUT2D eigenvalue weighted by molar-refractivity contribution is -0.129. The number of amides is 2. The molecule has 2 amide bonds. The summed E-state index contributed by atoms with van der Waals surface area (Å²) in [5.74, 6) is -0.00275. The number of benzene rings is 2. The van der Waals surface area contributed by atoms with E-state index in [1.165, 1.54) is 12.1 Å². The van der Waals surface area contributed by atoms with E-state index in [9.17, 15) is 14.0 Å². The molecule has 166 valence electrons. The molecule has 0 saturated carbocycles. The molecule has 1 N–H and O–H groups in total. The zero-order valence-electron chi connectivity index (χ0n) is 18.0. The Morgan fingerprint density at radius 2 is 2.00 bits per heavy atom. The summed E-state index contributed by atoms with van der Waals surface area (Å²) in [6, 6.07) is 11.1. The number of ether oxygens (including phenoxy) is 1. The van der Waals surface area contributed by atoms with Gasteiger partial charge in [0, 0.05) is 30.9 Å². The molecular formula is C24H25FN4O3. The summed E-state index contributed by atoms with van der Waals surface area (Å²) in [5.41, 5.74) is 2.93. The predicted octanol–water partition coefficient (Wildman–Crippen LogP) is 2.90. The van der Waals surface area contributed by atoms with E-state index in [0.29, 0.717) is 30.8 Å². The van der Waals surface area contributed by atoms with E-state index in [1.54, 1.807) is 42.6 Å². The van der Waals surface area contributed by atoms with Crippen molar-refractivity contribution in [3.63, 3.8) is 0 Å². The van der Waals surface area contributed by atoms with Crippen LogP contribution in [0.4, 0.5) is 4.39 Å². The number of likely N-dealkylation sites (tertiary alicyclic amines) is 1. The minimum atomic E-state index is -0.324. The minimum absolute atomic E-state index is 0.0324. The van der Waals surface area contributed by atoms with Gasteiger partial charge in [0.1, 0.15) is 11.6 Å². The van der Waals surface area contributed by atoms with Gasteiger partial charge in [0.2, 0.25) is 5.91 Å². The molecule has 2 heterocycles. The van der Waals surface area contributed by atoms with Gasteiger partial charge >= 0.3 is 0 Å². The Bertz CT molecular complexity index is 1130. The van der Waals surface area contributed by atoms with Crippen LogP contribution in [0, 0.1) is 12.7 Å². The molecule has 4 rings (SSSR count). The van der Waals surface area contributed by atoms with Gasteiger partial charge in [-0.25, -0.2) is 9.37 Å². The molecule has 7 nitrogen and oxygen atoms in total. The Balaban J connectivity index is 1.37. The third-order valence-corrected chi connectivity index (χ3v) is 5.58. The smallest absolute Gasteiger partial charge is 0.251 e. The van der Waals surface area contributed by atoms with Gasteiger partial charge < -0.3 is 19.5 Å². The fourth-order valence-electron chi connectivity index (χ4n) is 3.85. The maximum Gasteiger partial charge on any atom is 0.251 e. The summed E-state index contributed by atoms with van der Waals surface area (Å²) in [5, 5.41) is 3.01. The van der Waals surface area contributed by atoms with Crippen LogP contribution in [0.1, 0.15) is 28.0 Å². The van der Waals surface area contributed by atoms with E-state index in [0.717, 1.165) is 16.9 Å². The molecule has 1 atom stereocenters.